The minimum absolute atomic E-state index is 0.265. The van der Waals surface area contributed by atoms with Gasteiger partial charge < -0.3 is 5.32 Å². The summed E-state index contributed by atoms with van der Waals surface area (Å²) in [5, 5.41) is 3.65. The highest BCUT2D eigenvalue weighted by molar-refractivity contribution is 7.99. The molecular weight excluding hydrogens is 227 g/mol. The smallest absolute Gasteiger partial charge is 0.311 e. The molecule has 0 aromatic carbocycles. The topological polar surface area (TPSA) is 21.3 Å². The number of halogens is 3. The average molecular weight is 243 g/mol. The fourth-order valence-corrected chi connectivity index (χ4v) is 2.82. The predicted molar refractivity (Wildman–Crippen MR) is 55.0 cm³/mol. The summed E-state index contributed by atoms with van der Waals surface area (Å²) in [7, 11) is 0. The highest BCUT2D eigenvalue weighted by Crippen LogP contribution is 2.28. The summed E-state index contributed by atoms with van der Waals surface area (Å²) in [6.07, 6.45) is 0.896. The van der Waals surface area contributed by atoms with Crippen molar-refractivity contribution < 1.29 is 17.9 Å². The second-order valence-corrected chi connectivity index (χ2v) is 4.64. The molecule has 1 N–H and O–H groups in total. The molecule has 6 heteroatoms. The third-order valence-corrected chi connectivity index (χ3v) is 3.70. The zero-order chi connectivity index (χ0) is 11.3. The quantitative estimate of drug-likeness (QED) is 0.749. The Morgan fingerprint density at radius 2 is 2.13 bits per heavy atom. The van der Waals surface area contributed by atoms with Crippen LogP contribution < -0.4 is 5.32 Å². The maximum atomic E-state index is 11.6. The van der Waals surface area contributed by atoms with Gasteiger partial charge in [0.1, 0.15) is 0 Å². The van der Waals surface area contributed by atoms with E-state index in [4.69, 9.17) is 0 Å². The minimum atomic E-state index is -4.50. The van der Waals surface area contributed by atoms with E-state index in [0.29, 0.717) is 11.3 Å². The molecule has 0 heterocycles. The van der Waals surface area contributed by atoms with Gasteiger partial charge in [-0.2, -0.15) is 11.8 Å². The third kappa shape index (κ3) is 5.08. The molecule has 90 valence electrons. The van der Waals surface area contributed by atoms with Gasteiger partial charge in [-0.15, -0.1) is 13.2 Å². The van der Waals surface area contributed by atoms with Gasteiger partial charge in [0, 0.05) is 17.8 Å². The lowest BCUT2D eigenvalue weighted by Crippen LogP contribution is -2.37. The Bertz CT molecular complexity index is 189. The van der Waals surface area contributed by atoms with Crippen LogP contribution in [0, 0.1) is 0 Å². The largest absolute Gasteiger partial charge is 0.522 e. The van der Waals surface area contributed by atoms with E-state index in [-0.39, 0.29) is 13.2 Å². The maximum Gasteiger partial charge on any atom is 0.522 e. The van der Waals surface area contributed by atoms with E-state index < -0.39 is 6.36 Å². The van der Waals surface area contributed by atoms with Crippen molar-refractivity contribution in [1.29, 1.82) is 0 Å². The summed E-state index contributed by atoms with van der Waals surface area (Å²) in [6, 6.07) is 0.344. The number of hydrogen-bond acceptors (Lipinski definition) is 3. The molecule has 1 aliphatic carbocycles. The normalized spacial score (nSPS) is 27.2. The molecule has 0 spiro atoms. The van der Waals surface area contributed by atoms with E-state index in [1.165, 1.54) is 0 Å². The molecule has 1 rings (SSSR count). The molecule has 1 aliphatic rings. The van der Waals surface area contributed by atoms with E-state index in [1.807, 2.05) is 6.26 Å². The van der Waals surface area contributed by atoms with Crippen molar-refractivity contribution in [3.8, 4) is 0 Å². The van der Waals surface area contributed by atoms with E-state index in [0.717, 1.165) is 19.3 Å². The van der Waals surface area contributed by atoms with Crippen LogP contribution in [0.2, 0.25) is 0 Å². The van der Waals surface area contributed by atoms with Gasteiger partial charge in [-0.05, 0) is 19.1 Å². The van der Waals surface area contributed by atoms with Crippen molar-refractivity contribution in [2.45, 2.75) is 36.9 Å². The summed E-state index contributed by atoms with van der Waals surface area (Å²) in [6.45, 7) is -0.0393. The van der Waals surface area contributed by atoms with E-state index in [1.54, 1.807) is 11.8 Å². The minimum Gasteiger partial charge on any atom is -0.311 e. The molecule has 0 aliphatic heterocycles. The Morgan fingerprint density at radius 1 is 1.40 bits per heavy atom. The molecule has 0 radical (unpaired) electrons. The van der Waals surface area contributed by atoms with Crippen LogP contribution in [-0.2, 0) is 4.74 Å². The Hall–Kier alpha value is 0.0600. The highest BCUT2D eigenvalue weighted by Gasteiger charge is 2.29. The van der Waals surface area contributed by atoms with Crippen molar-refractivity contribution in [3.63, 3.8) is 0 Å². The first-order valence-electron chi connectivity index (χ1n) is 5.00. The van der Waals surface area contributed by atoms with Gasteiger partial charge in [-0.25, -0.2) is 0 Å². The Kier molecular flexibility index (Phi) is 5.22. The lowest BCUT2D eigenvalue weighted by molar-refractivity contribution is -0.323. The van der Waals surface area contributed by atoms with Crippen LogP contribution in [0.5, 0.6) is 0 Å². The summed E-state index contributed by atoms with van der Waals surface area (Å²) in [4.78, 5) is 0. The van der Waals surface area contributed by atoms with Crippen molar-refractivity contribution in [2.24, 2.45) is 0 Å². The van der Waals surface area contributed by atoms with Crippen LogP contribution in [0.1, 0.15) is 19.3 Å². The fraction of sp³-hybridized carbons (Fsp3) is 1.00. The first kappa shape index (κ1) is 13.1. The SMILES string of the molecule is CSC1CCCC1NCCOC(F)(F)F. The van der Waals surface area contributed by atoms with Gasteiger partial charge in [0.25, 0.3) is 0 Å². The van der Waals surface area contributed by atoms with Crippen molar-refractivity contribution in [3.05, 3.63) is 0 Å². The molecule has 0 bridgehead atoms. The van der Waals surface area contributed by atoms with Crippen LogP contribution in [0.4, 0.5) is 13.2 Å². The van der Waals surface area contributed by atoms with E-state index in [2.05, 4.69) is 10.1 Å². The van der Waals surface area contributed by atoms with Crippen LogP contribution in [0.3, 0.4) is 0 Å². The lowest BCUT2D eigenvalue weighted by Gasteiger charge is -2.19. The number of alkyl halides is 3. The van der Waals surface area contributed by atoms with Crippen LogP contribution >= 0.6 is 11.8 Å². The van der Waals surface area contributed by atoms with E-state index in [9.17, 15) is 13.2 Å². The number of thioether (sulfide) groups is 1. The summed E-state index contributed by atoms with van der Waals surface area (Å²) >= 11 is 1.78. The fourth-order valence-electron chi connectivity index (χ4n) is 1.85. The van der Waals surface area contributed by atoms with Gasteiger partial charge in [0.15, 0.2) is 0 Å². The molecule has 1 saturated carbocycles. The van der Waals surface area contributed by atoms with E-state index >= 15 is 0 Å². The summed E-state index contributed by atoms with van der Waals surface area (Å²) in [5.41, 5.74) is 0. The van der Waals surface area contributed by atoms with Gasteiger partial charge in [-0.1, -0.05) is 6.42 Å². The molecule has 2 atom stereocenters. The van der Waals surface area contributed by atoms with Crippen molar-refractivity contribution in [1.82, 2.24) is 5.32 Å². The van der Waals surface area contributed by atoms with Crippen LogP contribution in [-0.4, -0.2) is 37.1 Å². The highest BCUT2D eigenvalue weighted by atomic mass is 32.2. The maximum absolute atomic E-state index is 11.6. The lowest BCUT2D eigenvalue weighted by atomic mass is 10.2. The number of ether oxygens (including phenoxy) is 1. The summed E-state index contributed by atoms with van der Waals surface area (Å²) in [5.74, 6) is 0. The average Bonchev–Trinajstić information content (AvgIpc) is 2.58. The van der Waals surface area contributed by atoms with Gasteiger partial charge in [0.2, 0.25) is 0 Å². The molecule has 15 heavy (non-hydrogen) atoms. The molecule has 0 aromatic heterocycles. The number of rotatable bonds is 5. The first-order chi connectivity index (χ1) is 7.03. The second kappa shape index (κ2) is 5.96. The zero-order valence-corrected chi connectivity index (χ0v) is 9.46. The third-order valence-electron chi connectivity index (χ3n) is 2.53. The van der Waals surface area contributed by atoms with Gasteiger partial charge >= 0.3 is 6.36 Å². The Balaban J connectivity index is 2.09. The second-order valence-electron chi connectivity index (χ2n) is 3.56. The molecule has 2 unspecified atom stereocenters. The van der Waals surface area contributed by atoms with Crippen molar-refractivity contribution in [2.75, 3.05) is 19.4 Å². The molecule has 1 fully saturated rings. The Labute approximate surface area is 91.9 Å². The van der Waals surface area contributed by atoms with Crippen LogP contribution in [0.15, 0.2) is 0 Å². The summed E-state index contributed by atoms with van der Waals surface area (Å²) < 4.78 is 38.6. The molecule has 0 aromatic rings. The van der Waals surface area contributed by atoms with Crippen LogP contribution in [0.25, 0.3) is 0 Å². The zero-order valence-electron chi connectivity index (χ0n) is 8.64. The predicted octanol–water partition coefficient (Wildman–Crippen LogP) is 2.40. The van der Waals surface area contributed by atoms with Gasteiger partial charge in [-0.3, -0.25) is 4.74 Å². The first-order valence-corrected chi connectivity index (χ1v) is 6.28. The standard InChI is InChI=1S/C9H16F3NOS/c1-15-8-4-2-3-7(8)13-5-6-14-9(10,11)12/h7-8,13H,2-6H2,1H3. The molecular formula is C9H16F3NOS. The van der Waals surface area contributed by atoms with Gasteiger partial charge in [0.05, 0.1) is 6.61 Å². The monoisotopic (exact) mass is 243 g/mol. The Morgan fingerprint density at radius 3 is 2.73 bits per heavy atom. The number of hydrogen-bond donors (Lipinski definition) is 1. The molecule has 2 nitrogen and oxygen atoms in total. The molecule has 0 saturated heterocycles. The number of nitrogens with one attached hydrogen (secondary N) is 1. The van der Waals surface area contributed by atoms with Crippen molar-refractivity contribution >= 4 is 11.8 Å². The molecule has 0 amide bonds.